The van der Waals surface area contributed by atoms with E-state index in [1.165, 1.54) is 38.3 Å². The number of aryl methyl sites for hydroxylation is 4. The SMILES string of the molecule is Cc1cc(CCC(=O)c2sc(C)c3c2C[C@@H]2[C@H]3C2(C)C)cc(C)c1CCC(=O)NCCO. The molecule has 2 N–H and O–H groups in total. The average Bonchev–Trinajstić information content (AvgIpc) is 3.04. The van der Waals surface area contributed by atoms with Gasteiger partial charge in [-0.25, -0.2) is 0 Å². The first-order valence-corrected chi connectivity index (χ1v) is 12.6. The second kappa shape index (κ2) is 8.75. The van der Waals surface area contributed by atoms with Crippen LogP contribution in [0.5, 0.6) is 0 Å². The number of amides is 1. The molecule has 5 heteroatoms. The summed E-state index contributed by atoms with van der Waals surface area (Å²) in [6, 6.07) is 4.34. The van der Waals surface area contributed by atoms with Crippen LogP contribution in [-0.4, -0.2) is 29.9 Å². The third-order valence-electron chi connectivity index (χ3n) is 7.71. The first-order chi connectivity index (χ1) is 15.1. The summed E-state index contributed by atoms with van der Waals surface area (Å²) < 4.78 is 0. The summed E-state index contributed by atoms with van der Waals surface area (Å²) in [4.78, 5) is 27.3. The van der Waals surface area contributed by atoms with E-state index in [1.807, 2.05) is 0 Å². The molecule has 0 spiro atoms. The molecule has 0 aliphatic heterocycles. The van der Waals surface area contributed by atoms with Gasteiger partial charge in [0.2, 0.25) is 5.91 Å². The molecule has 0 saturated heterocycles. The number of aliphatic hydroxyl groups is 1. The maximum absolute atomic E-state index is 13.1. The Hall–Kier alpha value is -1.98. The molecule has 0 radical (unpaired) electrons. The lowest BCUT2D eigenvalue weighted by Crippen LogP contribution is -2.26. The summed E-state index contributed by atoms with van der Waals surface area (Å²) in [6.07, 6.45) is 3.49. The van der Waals surface area contributed by atoms with Gasteiger partial charge in [0.1, 0.15) is 0 Å². The van der Waals surface area contributed by atoms with Gasteiger partial charge in [0.25, 0.3) is 0 Å². The minimum absolute atomic E-state index is 0.0349. The highest BCUT2D eigenvalue weighted by molar-refractivity contribution is 7.14. The first kappa shape index (κ1) is 23.2. The maximum Gasteiger partial charge on any atom is 0.220 e. The summed E-state index contributed by atoms with van der Waals surface area (Å²) in [5, 5.41) is 11.5. The minimum Gasteiger partial charge on any atom is -0.395 e. The van der Waals surface area contributed by atoms with Crippen molar-refractivity contribution in [1.82, 2.24) is 5.32 Å². The van der Waals surface area contributed by atoms with Crippen LogP contribution in [0.2, 0.25) is 0 Å². The van der Waals surface area contributed by atoms with Crippen molar-refractivity contribution in [3.8, 4) is 0 Å². The highest BCUT2D eigenvalue weighted by atomic mass is 32.1. The fourth-order valence-corrected chi connectivity index (χ4v) is 7.07. The van der Waals surface area contributed by atoms with E-state index >= 15 is 0 Å². The van der Waals surface area contributed by atoms with Gasteiger partial charge in [-0.05, 0) is 90.7 Å². The Morgan fingerprint density at radius 2 is 1.81 bits per heavy atom. The lowest BCUT2D eigenvalue weighted by atomic mass is 9.92. The Balaban J connectivity index is 1.39. The first-order valence-electron chi connectivity index (χ1n) is 11.8. The molecule has 2 aliphatic rings. The van der Waals surface area contributed by atoms with Gasteiger partial charge in [-0.15, -0.1) is 11.3 Å². The zero-order valence-corrected chi connectivity index (χ0v) is 20.7. The molecule has 172 valence electrons. The standard InChI is InChI=1S/C27H35NO3S/c1-15-12-18(13-16(2)19(15)7-9-23(31)28-10-11-29)6-8-22(30)26-20-14-21-25(27(21,4)5)24(20)17(3)32-26/h12-13,21,25,29H,6-11,14H2,1-5H3,(H,28,31)/t21-,25-/m1/s1. The number of hydrogen-bond acceptors (Lipinski definition) is 4. The number of carbonyl (C=O) groups is 2. The van der Waals surface area contributed by atoms with Gasteiger partial charge in [0.05, 0.1) is 11.5 Å². The molecule has 4 rings (SSSR count). The number of fused-ring (bicyclic) bond motifs is 3. The number of nitrogens with one attached hydrogen (secondary N) is 1. The quantitative estimate of drug-likeness (QED) is 0.535. The molecule has 1 heterocycles. The number of thiophene rings is 1. The van der Waals surface area contributed by atoms with Crippen molar-refractivity contribution >= 4 is 23.0 Å². The molecule has 1 fully saturated rings. The van der Waals surface area contributed by atoms with E-state index in [2.05, 4.69) is 52.1 Å². The van der Waals surface area contributed by atoms with Crippen LogP contribution in [0.4, 0.5) is 0 Å². The molecule has 1 aromatic heterocycles. The molecule has 0 bridgehead atoms. The fraction of sp³-hybridized carbons (Fsp3) is 0.556. The van der Waals surface area contributed by atoms with Gasteiger partial charge in [0.15, 0.2) is 5.78 Å². The molecule has 2 atom stereocenters. The fourth-order valence-electron chi connectivity index (χ4n) is 5.87. The van der Waals surface area contributed by atoms with E-state index < -0.39 is 0 Å². The van der Waals surface area contributed by atoms with Gasteiger partial charge < -0.3 is 10.4 Å². The third-order valence-corrected chi connectivity index (χ3v) is 8.91. The highest BCUT2D eigenvalue weighted by Crippen LogP contribution is 2.71. The molecule has 2 aliphatic carbocycles. The lowest BCUT2D eigenvalue weighted by Gasteiger charge is -2.13. The van der Waals surface area contributed by atoms with Gasteiger partial charge in [-0.1, -0.05) is 26.0 Å². The Morgan fingerprint density at radius 3 is 2.47 bits per heavy atom. The Labute approximate surface area is 195 Å². The third kappa shape index (κ3) is 4.17. The summed E-state index contributed by atoms with van der Waals surface area (Å²) >= 11 is 1.71. The smallest absolute Gasteiger partial charge is 0.220 e. The normalized spacial score (nSPS) is 20.1. The molecule has 32 heavy (non-hydrogen) atoms. The zero-order valence-electron chi connectivity index (χ0n) is 19.9. The van der Waals surface area contributed by atoms with E-state index in [0.29, 0.717) is 42.9 Å². The molecular formula is C27H35NO3S. The lowest BCUT2D eigenvalue weighted by molar-refractivity contribution is -0.121. The number of benzene rings is 1. The van der Waals surface area contributed by atoms with Gasteiger partial charge >= 0.3 is 0 Å². The summed E-state index contributed by atoms with van der Waals surface area (Å²) in [5.41, 5.74) is 8.01. The van der Waals surface area contributed by atoms with E-state index in [-0.39, 0.29) is 12.5 Å². The van der Waals surface area contributed by atoms with Crippen molar-refractivity contribution in [3.63, 3.8) is 0 Å². The predicted molar refractivity (Wildman–Crippen MR) is 130 cm³/mol. The molecular weight excluding hydrogens is 418 g/mol. The van der Waals surface area contributed by atoms with Crippen LogP contribution in [0.25, 0.3) is 0 Å². The van der Waals surface area contributed by atoms with Crippen LogP contribution in [0.3, 0.4) is 0 Å². The highest BCUT2D eigenvalue weighted by Gasteiger charge is 2.63. The van der Waals surface area contributed by atoms with Gasteiger partial charge in [-0.2, -0.15) is 0 Å². The summed E-state index contributed by atoms with van der Waals surface area (Å²) in [7, 11) is 0. The van der Waals surface area contributed by atoms with E-state index in [4.69, 9.17) is 5.11 Å². The van der Waals surface area contributed by atoms with Crippen molar-refractivity contribution < 1.29 is 14.7 Å². The maximum atomic E-state index is 13.1. The second-order valence-electron chi connectivity index (χ2n) is 10.2. The molecule has 1 saturated carbocycles. The number of carbonyl (C=O) groups excluding carboxylic acids is 2. The second-order valence-corrected chi connectivity index (χ2v) is 11.4. The van der Waals surface area contributed by atoms with E-state index in [9.17, 15) is 9.59 Å². The Bertz CT molecular complexity index is 1040. The van der Waals surface area contributed by atoms with E-state index in [1.54, 1.807) is 11.3 Å². The molecule has 1 aromatic carbocycles. The molecule has 2 aromatic rings. The van der Waals surface area contributed by atoms with Crippen molar-refractivity contribution in [2.45, 2.75) is 72.6 Å². The van der Waals surface area contributed by atoms with Crippen molar-refractivity contribution in [2.75, 3.05) is 13.2 Å². The van der Waals surface area contributed by atoms with Crippen LogP contribution < -0.4 is 5.32 Å². The van der Waals surface area contributed by atoms with Crippen LogP contribution >= 0.6 is 11.3 Å². The number of ketones is 1. The van der Waals surface area contributed by atoms with Crippen LogP contribution in [-0.2, 0) is 24.1 Å². The zero-order chi connectivity index (χ0) is 23.2. The van der Waals surface area contributed by atoms with E-state index in [0.717, 1.165) is 23.6 Å². The minimum atomic E-state index is -0.0375. The van der Waals surface area contributed by atoms with Crippen molar-refractivity contribution in [3.05, 3.63) is 55.3 Å². The number of aliphatic hydroxyl groups excluding tert-OH is 1. The summed E-state index contributed by atoms with van der Waals surface area (Å²) in [6.45, 7) is 11.3. The van der Waals surface area contributed by atoms with Crippen LogP contribution in [0, 0.1) is 32.1 Å². The van der Waals surface area contributed by atoms with Crippen LogP contribution in [0.1, 0.15) is 80.5 Å². The molecule has 4 nitrogen and oxygen atoms in total. The van der Waals surface area contributed by atoms with Gasteiger partial charge in [-0.3, -0.25) is 9.59 Å². The van der Waals surface area contributed by atoms with Gasteiger partial charge in [0, 0.05) is 24.3 Å². The largest absolute Gasteiger partial charge is 0.395 e. The molecule has 1 amide bonds. The Morgan fingerprint density at radius 1 is 1.12 bits per heavy atom. The number of rotatable bonds is 9. The van der Waals surface area contributed by atoms with Crippen molar-refractivity contribution in [1.29, 1.82) is 0 Å². The topological polar surface area (TPSA) is 66.4 Å². The van der Waals surface area contributed by atoms with Crippen molar-refractivity contribution in [2.24, 2.45) is 11.3 Å². The van der Waals surface area contributed by atoms with Crippen LogP contribution in [0.15, 0.2) is 12.1 Å². The Kier molecular flexibility index (Phi) is 6.34. The molecule has 0 unspecified atom stereocenters. The number of hydrogen-bond donors (Lipinski definition) is 2. The monoisotopic (exact) mass is 453 g/mol. The number of Topliss-reactive ketones (excluding diaryl/α,β-unsaturated/α-hetero) is 1. The summed E-state index contributed by atoms with van der Waals surface area (Å²) in [5.74, 6) is 1.65. The predicted octanol–water partition coefficient (Wildman–Crippen LogP) is 4.83. The average molecular weight is 454 g/mol.